The lowest BCUT2D eigenvalue weighted by Crippen LogP contribution is -2.25. The Morgan fingerprint density at radius 1 is 0.840 bits per heavy atom. The molecule has 0 bridgehead atoms. The molecule has 0 unspecified atom stereocenters. The minimum atomic E-state index is -0.197. The van der Waals surface area contributed by atoms with Gasteiger partial charge in [0.05, 0.1) is 6.67 Å². The van der Waals surface area contributed by atoms with Crippen LogP contribution in [0.5, 0.6) is 0 Å². The molecule has 0 N–H and O–H groups in total. The molecule has 0 nitrogen and oxygen atoms in total. The van der Waals surface area contributed by atoms with E-state index in [4.69, 9.17) is 0 Å². The SMILES string of the molecule is FCCCC=C[C@H]1CC[C@H]([C@H]2CC[C@H](c3ccc(F)cc3)CC2)CC1. The molecule has 0 aliphatic heterocycles. The van der Waals surface area contributed by atoms with Crippen LogP contribution in [0.1, 0.15) is 75.7 Å². The molecule has 0 spiro atoms. The van der Waals surface area contributed by atoms with Gasteiger partial charge in [-0.3, -0.25) is 4.39 Å². The van der Waals surface area contributed by atoms with Crippen molar-refractivity contribution >= 4 is 0 Å². The molecule has 2 aliphatic rings. The van der Waals surface area contributed by atoms with E-state index in [1.54, 1.807) is 12.1 Å². The molecular weight excluding hydrogens is 314 g/mol. The molecule has 0 heterocycles. The van der Waals surface area contributed by atoms with Crippen LogP contribution in [0.2, 0.25) is 0 Å². The number of halogens is 2. The van der Waals surface area contributed by atoms with Crippen molar-refractivity contribution in [2.75, 3.05) is 6.67 Å². The lowest BCUT2D eigenvalue weighted by atomic mass is 9.68. The maximum atomic E-state index is 13.1. The molecule has 0 amide bonds. The van der Waals surface area contributed by atoms with Gasteiger partial charge in [0.2, 0.25) is 0 Å². The monoisotopic (exact) mass is 346 g/mol. The van der Waals surface area contributed by atoms with E-state index in [2.05, 4.69) is 12.2 Å². The van der Waals surface area contributed by atoms with Crippen molar-refractivity contribution in [2.45, 2.75) is 70.1 Å². The van der Waals surface area contributed by atoms with Gasteiger partial charge in [-0.05, 0) is 106 Å². The predicted molar refractivity (Wildman–Crippen MR) is 101 cm³/mol. The maximum absolute atomic E-state index is 13.1. The van der Waals surface area contributed by atoms with Crippen molar-refractivity contribution in [3.8, 4) is 0 Å². The molecule has 1 aromatic carbocycles. The summed E-state index contributed by atoms with van der Waals surface area (Å²) >= 11 is 0. The average molecular weight is 347 g/mol. The van der Waals surface area contributed by atoms with Crippen LogP contribution in [-0.2, 0) is 0 Å². The Morgan fingerprint density at radius 2 is 1.44 bits per heavy atom. The number of rotatable bonds is 6. The number of alkyl halides is 1. The number of hydrogen-bond donors (Lipinski definition) is 0. The van der Waals surface area contributed by atoms with E-state index in [1.807, 2.05) is 12.1 Å². The summed E-state index contributed by atoms with van der Waals surface area (Å²) in [7, 11) is 0. The third kappa shape index (κ3) is 5.39. The van der Waals surface area contributed by atoms with Crippen molar-refractivity contribution < 1.29 is 8.78 Å². The molecule has 2 saturated carbocycles. The topological polar surface area (TPSA) is 0 Å². The lowest BCUT2D eigenvalue weighted by molar-refractivity contribution is 0.171. The summed E-state index contributed by atoms with van der Waals surface area (Å²) in [5.41, 5.74) is 1.32. The Labute approximate surface area is 151 Å². The molecule has 3 rings (SSSR count). The molecule has 2 fully saturated rings. The van der Waals surface area contributed by atoms with Crippen LogP contribution in [0.3, 0.4) is 0 Å². The van der Waals surface area contributed by atoms with Crippen LogP contribution in [0, 0.1) is 23.6 Å². The van der Waals surface area contributed by atoms with Crippen molar-refractivity contribution in [1.29, 1.82) is 0 Å². The molecule has 2 aliphatic carbocycles. The smallest absolute Gasteiger partial charge is 0.123 e. The van der Waals surface area contributed by atoms with Crippen molar-refractivity contribution in [3.05, 3.63) is 47.8 Å². The van der Waals surface area contributed by atoms with Gasteiger partial charge < -0.3 is 0 Å². The minimum absolute atomic E-state index is 0.132. The largest absolute Gasteiger partial charge is 0.251 e. The van der Waals surface area contributed by atoms with Gasteiger partial charge in [0, 0.05) is 0 Å². The first kappa shape index (κ1) is 18.6. The van der Waals surface area contributed by atoms with Gasteiger partial charge in [-0.2, -0.15) is 0 Å². The standard InChI is InChI=1S/C23H32F2/c24-17-3-1-2-4-18-5-7-19(8-6-18)20-9-11-21(12-10-20)22-13-15-23(25)16-14-22/h2,4,13-16,18-21H,1,3,5-12,17H2/t18-,19-,20-,21-. The molecule has 0 saturated heterocycles. The molecule has 25 heavy (non-hydrogen) atoms. The van der Waals surface area contributed by atoms with Gasteiger partial charge in [0.1, 0.15) is 5.82 Å². The lowest BCUT2D eigenvalue weighted by Gasteiger charge is -2.37. The van der Waals surface area contributed by atoms with E-state index < -0.39 is 0 Å². The molecule has 0 aromatic heterocycles. The molecule has 1 aromatic rings. The van der Waals surface area contributed by atoms with Crippen molar-refractivity contribution in [3.63, 3.8) is 0 Å². The summed E-state index contributed by atoms with van der Waals surface area (Å²) in [4.78, 5) is 0. The second kappa shape index (κ2) is 9.50. The fraction of sp³-hybridized carbons (Fsp3) is 0.652. The Hall–Kier alpha value is -1.18. The summed E-state index contributed by atoms with van der Waals surface area (Å²) < 4.78 is 25.2. The Bertz CT molecular complexity index is 518. The summed E-state index contributed by atoms with van der Waals surface area (Å²) in [6, 6.07) is 7.15. The highest BCUT2D eigenvalue weighted by atomic mass is 19.1. The van der Waals surface area contributed by atoms with Crippen LogP contribution in [0.4, 0.5) is 8.78 Å². The number of unbranched alkanes of at least 4 members (excludes halogenated alkanes) is 1. The van der Waals surface area contributed by atoms with E-state index >= 15 is 0 Å². The van der Waals surface area contributed by atoms with Gasteiger partial charge in [-0.25, -0.2) is 4.39 Å². The summed E-state index contributed by atoms with van der Waals surface area (Å²) in [6.45, 7) is -0.197. The molecule has 0 radical (unpaired) electrons. The van der Waals surface area contributed by atoms with Gasteiger partial charge in [-0.1, -0.05) is 24.3 Å². The van der Waals surface area contributed by atoms with Crippen LogP contribution in [0.25, 0.3) is 0 Å². The van der Waals surface area contributed by atoms with E-state index in [1.165, 1.54) is 56.9 Å². The fourth-order valence-electron chi connectivity index (χ4n) is 4.95. The third-order valence-electron chi connectivity index (χ3n) is 6.51. The number of benzene rings is 1. The Balaban J connectivity index is 1.40. The van der Waals surface area contributed by atoms with E-state index in [9.17, 15) is 8.78 Å². The zero-order chi connectivity index (χ0) is 17.5. The van der Waals surface area contributed by atoms with E-state index in [-0.39, 0.29) is 12.5 Å². The minimum Gasteiger partial charge on any atom is -0.251 e. The van der Waals surface area contributed by atoms with E-state index in [0.29, 0.717) is 12.3 Å². The quantitative estimate of drug-likeness (QED) is 0.377. The van der Waals surface area contributed by atoms with Crippen molar-refractivity contribution in [1.82, 2.24) is 0 Å². The maximum Gasteiger partial charge on any atom is 0.123 e. The second-order valence-electron chi connectivity index (χ2n) is 8.10. The zero-order valence-electron chi connectivity index (χ0n) is 15.3. The highest BCUT2D eigenvalue weighted by Gasteiger charge is 2.30. The normalized spacial score (nSPS) is 30.6. The Kier molecular flexibility index (Phi) is 7.07. The first-order valence-corrected chi connectivity index (χ1v) is 10.2. The Morgan fingerprint density at radius 3 is 2.04 bits per heavy atom. The first-order valence-electron chi connectivity index (χ1n) is 10.2. The van der Waals surface area contributed by atoms with Gasteiger partial charge >= 0.3 is 0 Å². The second-order valence-corrected chi connectivity index (χ2v) is 8.10. The van der Waals surface area contributed by atoms with Gasteiger partial charge in [0.25, 0.3) is 0 Å². The summed E-state index contributed by atoms with van der Waals surface area (Å²) in [5.74, 6) is 3.03. The molecular formula is C23H32F2. The van der Waals surface area contributed by atoms with Crippen LogP contribution in [-0.4, -0.2) is 6.67 Å². The zero-order valence-corrected chi connectivity index (χ0v) is 15.3. The summed E-state index contributed by atoms with van der Waals surface area (Å²) in [6.07, 6.45) is 16.7. The van der Waals surface area contributed by atoms with Gasteiger partial charge in [0.15, 0.2) is 0 Å². The molecule has 2 heteroatoms. The highest BCUT2D eigenvalue weighted by molar-refractivity contribution is 5.21. The molecule has 138 valence electrons. The third-order valence-corrected chi connectivity index (χ3v) is 6.51. The highest BCUT2D eigenvalue weighted by Crippen LogP contribution is 2.44. The van der Waals surface area contributed by atoms with Gasteiger partial charge in [-0.15, -0.1) is 0 Å². The fourth-order valence-corrected chi connectivity index (χ4v) is 4.95. The first-order chi connectivity index (χ1) is 12.3. The van der Waals surface area contributed by atoms with E-state index in [0.717, 1.165) is 24.2 Å². The number of allylic oxidation sites excluding steroid dienone is 2. The summed E-state index contributed by atoms with van der Waals surface area (Å²) in [5, 5.41) is 0. The van der Waals surface area contributed by atoms with Crippen LogP contribution < -0.4 is 0 Å². The number of hydrogen-bond acceptors (Lipinski definition) is 0. The molecule has 0 atom stereocenters. The average Bonchev–Trinajstić information content (AvgIpc) is 2.67. The van der Waals surface area contributed by atoms with Crippen LogP contribution in [0.15, 0.2) is 36.4 Å². The van der Waals surface area contributed by atoms with Crippen LogP contribution >= 0.6 is 0 Å². The predicted octanol–water partition coefficient (Wildman–Crippen LogP) is 7.21. The van der Waals surface area contributed by atoms with Crippen molar-refractivity contribution in [2.24, 2.45) is 17.8 Å².